The number of hydrogen-bond donors (Lipinski definition) is 1. The summed E-state index contributed by atoms with van der Waals surface area (Å²) in [5, 5.41) is 2.87. The van der Waals surface area contributed by atoms with E-state index < -0.39 is 0 Å². The number of rotatable bonds is 4. The number of amides is 1. The van der Waals surface area contributed by atoms with E-state index in [-0.39, 0.29) is 10.8 Å². The first-order valence-electron chi connectivity index (χ1n) is 7.64. The molecule has 124 valence electrons. The Morgan fingerprint density at radius 1 is 1.25 bits per heavy atom. The maximum atomic E-state index is 12.4. The van der Waals surface area contributed by atoms with Crippen molar-refractivity contribution >= 4 is 33.1 Å². The highest BCUT2D eigenvalue weighted by atomic mass is 32.1. The molecule has 0 radical (unpaired) electrons. The van der Waals surface area contributed by atoms with Gasteiger partial charge >= 0.3 is 4.87 Å². The zero-order valence-corrected chi connectivity index (χ0v) is 14.6. The summed E-state index contributed by atoms with van der Waals surface area (Å²) < 4.78 is 7.94. The molecule has 24 heavy (non-hydrogen) atoms. The average Bonchev–Trinajstić information content (AvgIpc) is 2.83. The molecule has 3 rings (SSSR count). The van der Waals surface area contributed by atoms with Crippen molar-refractivity contribution in [3.8, 4) is 5.75 Å². The van der Waals surface area contributed by atoms with Crippen LogP contribution in [0.15, 0.2) is 41.2 Å². The Morgan fingerprint density at radius 2 is 2.04 bits per heavy atom. The van der Waals surface area contributed by atoms with Gasteiger partial charge in [0.15, 0.2) is 0 Å². The third kappa shape index (κ3) is 3.05. The van der Waals surface area contributed by atoms with E-state index in [0.29, 0.717) is 17.9 Å². The molecule has 6 heteroatoms. The van der Waals surface area contributed by atoms with E-state index >= 15 is 0 Å². The van der Waals surface area contributed by atoms with E-state index in [1.807, 2.05) is 26.0 Å². The van der Waals surface area contributed by atoms with Gasteiger partial charge in [-0.25, -0.2) is 0 Å². The summed E-state index contributed by atoms with van der Waals surface area (Å²) in [4.78, 5) is 24.1. The number of nitrogens with zero attached hydrogens (tertiary/aromatic N) is 1. The molecule has 5 nitrogen and oxygen atoms in total. The van der Waals surface area contributed by atoms with Gasteiger partial charge in [-0.3, -0.25) is 9.59 Å². The molecule has 0 saturated carbocycles. The highest BCUT2D eigenvalue weighted by Gasteiger charge is 2.10. The van der Waals surface area contributed by atoms with Crippen LogP contribution in [-0.2, 0) is 7.05 Å². The molecule has 0 fully saturated rings. The number of carbonyl (C=O) groups excluding carboxylic acids is 1. The molecule has 0 atom stereocenters. The van der Waals surface area contributed by atoms with Gasteiger partial charge in [-0.05, 0) is 55.8 Å². The van der Waals surface area contributed by atoms with Gasteiger partial charge in [0, 0.05) is 18.3 Å². The third-order valence-electron chi connectivity index (χ3n) is 3.79. The number of anilines is 1. The summed E-state index contributed by atoms with van der Waals surface area (Å²) in [6, 6.07) is 10.8. The lowest BCUT2D eigenvalue weighted by Gasteiger charge is -2.10. The van der Waals surface area contributed by atoms with Gasteiger partial charge in [-0.15, -0.1) is 0 Å². The van der Waals surface area contributed by atoms with Crippen molar-refractivity contribution in [2.24, 2.45) is 7.05 Å². The van der Waals surface area contributed by atoms with Crippen molar-refractivity contribution in [2.75, 3.05) is 11.9 Å². The lowest BCUT2D eigenvalue weighted by atomic mass is 10.1. The first-order chi connectivity index (χ1) is 11.5. The maximum absolute atomic E-state index is 12.4. The average molecular weight is 342 g/mol. The molecule has 0 aliphatic carbocycles. The van der Waals surface area contributed by atoms with Gasteiger partial charge in [0.1, 0.15) is 5.75 Å². The topological polar surface area (TPSA) is 60.3 Å². The second kappa shape index (κ2) is 6.49. The molecular formula is C18H18N2O3S. The molecule has 0 aliphatic rings. The number of aryl methyl sites for hydroxylation is 2. The summed E-state index contributed by atoms with van der Waals surface area (Å²) in [6.07, 6.45) is 0. The first kappa shape index (κ1) is 16.3. The number of thiazole rings is 1. The zero-order valence-electron chi connectivity index (χ0n) is 13.8. The number of nitrogens with one attached hydrogen (secondary N) is 1. The Hall–Kier alpha value is -2.60. The van der Waals surface area contributed by atoms with Crippen molar-refractivity contribution < 1.29 is 9.53 Å². The van der Waals surface area contributed by atoms with E-state index in [0.717, 1.165) is 21.5 Å². The van der Waals surface area contributed by atoms with Crippen molar-refractivity contribution in [1.82, 2.24) is 4.57 Å². The van der Waals surface area contributed by atoms with Gasteiger partial charge < -0.3 is 14.6 Å². The van der Waals surface area contributed by atoms with Crippen LogP contribution in [0.5, 0.6) is 5.75 Å². The molecule has 1 aromatic heterocycles. The summed E-state index contributed by atoms with van der Waals surface area (Å²) in [5.74, 6) is 0.591. The highest BCUT2D eigenvalue weighted by Crippen LogP contribution is 2.23. The minimum Gasteiger partial charge on any atom is -0.494 e. The van der Waals surface area contributed by atoms with Crippen LogP contribution in [0, 0.1) is 6.92 Å². The van der Waals surface area contributed by atoms with E-state index in [1.165, 1.54) is 11.3 Å². The van der Waals surface area contributed by atoms with Crippen LogP contribution < -0.4 is 14.9 Å². The van der Waals surface area contributed by atoms with Crippen LogP contribution in [0.2, 0.25) is 0 Å². The normalized spacial score (nSPS) is 10.8. The van der Waals surface area contributed by atoms with Crippen LogP contribution in [-0.4, -0.2) is 17.1 Å². The molecule has 0 bridgehead atoms. The highest BCUT2D eigenvalue weighted by molar-refractivity contribution is 7.16. The fourth-order valence-electron chi connectivity index (χ4n) is 2.52. The van der Waals surface area contributed by atoms with Crippen LogP contribution in [0.4, 0.5) is 5.69 Å². The number of aromatic nitrogens is 1. The fraction of sp³-hybridized carbons (Fsp3) is 0.222. The number of ether oxygens (including phenoxy) is 1. The predicted molar refractivity (Wildman–Crippen MR) is 97.4 cm³/mol. The SMILES string of the molecule is CCOc1ccc(C(=O)Nc2ccc3c(c2)sc(=O)n3C)cc1C. The maximum Gasteiger partial charge on any atom is 0.307 e. The van der Waals surface area contributed by atoms with Crippen molar-refractivity contribution in [1.29, 1.82) is 0 Å². The quantitative estimate of drug-likeness (QED) is 0.789. The van der Waals surface area contributed by atoms with Gasteiger partial charge in [0.25, 0.3) is 5.91 Å². The smallest absolute Gasteiger partial charge is 0.307 e. The van der Waals surface area contributed by atoms with E-state index in [4.69, 9.17) is 4.74 Å². The van der Waals surface area contributed by atoms with Gasteiger partial charge in [0.05, 0.1) is 16.8 Å². The number of carbonyl (C=O) groups is 1. The molecule has 1 amide bonds. The monoisotopic (exact) mass is 342 g/mol. The first-order valence-corrected chi connectivity index (χ1v) is 8.45. The standard InChI is InChI=1S/C18H18N2O3S/c1-4-23-15-8-5-12(9-11(15)2)17(21)19-13-6-7-14-16(10-13)24-18(22)20(14)3/h5-10H,4H2,1-3H3,(H,19,21). The largest absolute Gasteiger partial charge is 0.494 e. The third-order valence-corrected chi connectivity index (χ3v) is 4.78. The van der Waals surface area contributed by atoms with E-state index in [9.17, 15) is 9.59 Å². The van der Waals surface area contributed by atoms with Crippen LogP contribution in [0.25, 0.3) is 10.2 Å². The van der Waals surface area contributed by atoms with Gasteiger partial charge in [0.2, 0.25) is 0 Å². The Labute approximate surface area is 143 Å². The lowest BCUT2D eigenvalue weighted by molar-refractivity contribution is 0.102. The van der Waals surface area contributed by atoms with Crippen LogP contribution in [0.1, 0.15) is 22.8 Å². The number of benzene rings is 2. The molecule has 2 aromatic carbocycles. The molecule has 3 aromatic rings. The predicted octanol–water partition coefficient (Wildman–Crippen LogP) is 3.56. The zero-order chi connectivity index (χ0) is 17.3. The molecule has 1 N–H and O–H groups in total. The summed E-state index contributed by atoms with van der Waals surface area (Å²) in [5.41, 5.74) is 3.01. The molecule has 0 saturated heterocycles. The van der Waals surface area contributed by atoms with Crippen LogP contribution in [0.3, 0.4) is 0 Å². The van der Waals surface area contributed by atoms with Crippen molar-refractivity contribution in [3.05, 3.63) is 57.2 Å². The Kier molecular flexibility index (Phi) is 4.40. The Morgan fingerprint density at radius 3 is 2.75 bits per heavy atom. The molecule has 0 spiro atoms. The summed E-state index contributed by atoms with van der Waals surface area (Å²) in [7, 11) is 1.74. The second-order valence-electron chi connectivity index (χ2n) is 5.48. The van der Waals surface area contributed by atoms with Crippen molar-refractivity contribution in [3.63, 3.8) is 0 Å². The van der Waals surface area contributed by atoms with Gasteiger partial charge in [-0.2, -0.15) is 0 Å². The lowest BCUT2D eigenvalue weighted by Crippen LogP contribution is -2.12. The van der Waals surface area contributed by atoms with E-state index in [2.05, 4.69) is 5.32 Å². The molecule has 0 unspecified atom stereocenters. The Bertz CT molecular complexity index is 972. The second-order valence-corrected chi connectivity index (χ2v) is 6.47. The molecule has 1 heterocycles. The fourth-order valence-corrected chi connectivity index (χ4v) is 3.44. The number of fused-ring (bicyclic) bond motifs is 1. The van der Waals surface area contributed by atoms with Gasteiger partial charge in [-0.1, -0.05) is 11.3 Å². The minimum absolute atomic E-state index is 0.0179. The van der Waals surface area contributed by atoms with Crippen molar-refractivity contribution in [2.45, 2.75) is 13.8 Å². The molecule has 0 aliphatic heterocycles. The summed E-state index contributed by atoms with van der Waals surface area (Å²) >= 11 is 1.17. The summed E-state index contributed by atoms with van der Waals surface area (Å²) in [6.45, 7) is 4.43. The van der Waals surface area contributed by atoms with E-state index in [1.54, 1.807) is 35.9 Å². The minimum atomic E-state index is -0.191. The van der Waals surface area contributed by atoms with Crippen LogP contribution >= 0.6 is 11.3 Å². The Balaban J connectivity index is 1.84. The molecular weight excluding hydrogens is 324 g/mol. The number of hydrogen-bond acceptors (Lipinski definition) is 4.